The average molecular weight is 350 g/mol. The summed E-state index contributed by atoms with van der Waals surface area (Å²) in [5, 5.41) is 21.1. The van der Waals surface area contributed by atoms with Gasteiger partial charge in [-0.15, -0.1) is 10.2 Å². The summed E-state index contributed by atoms with van der Waals surface area (Å²) in [5.41, 5.74) is 1.52. The van der Waals surface area contributed by atoms with Crippen LogP contribution >= 0.6 is 46.3 Å². The molecule has 0 amide bonds. The third-order valence-electron chi connectivity index (χ3n) is 2.22. The maximum atomic E-state index is 10.5. The highest BCUT2D eigenvalue weighted by Crippen LogP contribution is 2.33. The molecule has 9 heteroatoms. The number of carboxylic acid groups (broad SMARTS) is 1. The van der Waals surface area contributed by atoms with Crippen molar-refractivity contribution in [2.75, 3.05) is 11.1 Å². The second-order valence-corrected chi connectivity index (χ2v) is 6.78. The van der Waals surface area contributed by atoms with Crippen LogP contribution in [0.15, 0.2) is 16.5 Å². The monoisotopic (exact) mass is 349 g/mol. The van der Waals surface area contributed by atoms with Crippen molar-refractivity contribution < 1.29 is 9.90 Å². The fourth-order valence-corrected chi connectivity index (χ4v) is 3.21. The molecule has 2 N–H and O–H groups in total. The number of aromatic nitrogens is 2. The molecule has 0 spiro atoms. The molecule has 0 saturated heterocycles. The Morgan fingerprint density at radius 1 is 1.40 bits per heavy atom. The summed E-state index contributed by atoms with van der Waals surface area (Å²) < 4.78 is 0.573. The van der Waals surface area contributed by atoms with Crippen LogP contribution in [-0.2, 0) is 4.79 Å². The Kier molecular flexibility index (Phi) is 5.09. The van der Waals surface area contributed by atoms with Gasteiger partial charge in [0.2, 0.25) is 5.13 Å². The zero-order chi connectivity index (χ0) is 14.7. The molecule has 0 atom stereocenters. The first kappa shape index (κ1) is 15.4. The molecule has 0 aliphatic rings. The van der Waals surface area contributed by atoms with Crippen LogP contribution in [0.5, 0.6) is 0 Å². The third-order valence-corrected chi connectivity index (χ3v) is 4.89. The number of rotatable bonds is 5. The summed E-state index contributed by atoms with van der Waals surface area (Å²) in [5.74, 6) is -0.945. The topological polar surface area (TPSA) is 75.1 Å². The molecule has 0 aliphatic heterocycles. The van der Waals surface area contributed by atoms with Crippen molar-refractivity contribution >= 4 is 63.1 Å². The molecule has 2 rings (SSSR count). The van der Waals surface area contributed by atoms with Crippen molar-refractivity contribution in [3.63, 3.8) is 0 Å². The summed E-state index contributed by atoms with van der Waals surface area (Å²) in [6, 6.07) is 3.47. The van der Waals surface area contributed by atoms with Crippen LogP contribution in [-0.4, -0.2) is 27.0 Å². The Labute approximate surface area is 133 Å². The van der Waals surface area contributed by atoms with Crippen molar-refractivity contribution in [2.24, 2.45) is 0 Å². The van der Waals surface area contributed by atoms with Gasteiger partial charge in [0.05, 0.1) is 16.5 Å². The van der Waals surface area contributed by atoms with E-state index in [9.17, 15) is 4.79 Å². The van der Waals surface area contributed by atoms with Crippen LogP contribution in [0.25, 0.3) is 0 Å². The minimum absolute atomic E-state index is 0.0499. The van der Waals surface area contributed by atoms with Gasteiger partial charge in [0, 0.05) is 5.02 Å². The van der Waals surface area contributed by atoms with Crippen LogP contribution in [0.3, 0.4) is 0 Å². The van der Waals surface area contributed by atoms with E-state index in [1.807, 2.05) is 6.92 Å². The van der Waals surface area contributed by atoms with E-state index in [-0.39, 0.29) is 5.75 Å². The zero-order valence-corrected chi connectivity index (χ0v) is 13.3. The number of nitrogens with one attached hydrogen (secondary N) is 1. The molecule has 106 valence electrons. The Morgan fingerprint density at radius 3 is 2.85 bits per heavy atom. The minimum atomic E-state index is -0.895. The fourth-order valence-electron chi connectivity index (χ4n) is 1.30. The van der Waals surface area contributed by atoms with E-state index in [1.165, 1.54) is 11.3 Å². The maximum absolute atomic E-state index is 10.5. The number of anilines is 2. The normalized spacial score (nSPS) is 10.6. The van der Waals surface area contributed by atoms with E-state index in [0.717, 1.165) is 17.3 Å². The summed E-state index contributed by atoms with van der Waals surface area (Å²) in [6.07, 6.45) is 0. The summed E-state index contributed by atoms with van der Waals surface area (Å²) in [7, 11) is 0. The third kappa shape index (κ3) is 3.99. The molecule has 0 bridgehead atoms. The number of thioether (sulfide) groups is 1. The zero-order valence-electron chi connectivity index (χ0n) is 10.2. The van der Waals surface area contributed by atoms with E-state index in [1.54, 1.807) is 12.1 Å². The van der Waals surface area contributed by atoms with E-state index < -0.39 is 5.97 Å². The van der Waals surface area contributed by atoms with Crippen molar-refractivity contribution in [1.29, 1.82) is 0 Å². The Morgan fingerprint density at radius 2 is 2.15 bits per heavy atom. The van der Waals surface area contributed by atoms with E-state index in [2.05, 4.69) is 15.5 Å². The quantitative estimate of drug-likeness (QED) is 0.792. The van der Waals surface area contributed by atoms with Gasteiger partial charge in [-0.1, -0.05) is 46.3 Å². The number of hydrogen-bond donors (Lipinski definition) is 2. The van der Waals surface area contributed by atoms with Gasteiger partial charge < -0.3 is 10.4 Å². The van der Waals surface area contributed by atoms with Gasteiger partial charge in [-0.3, -0.25) is 4.79 Å². The second kappa shape index (κ2) is 6.62. The van der Waals surface area contributed by atoms with Crippen molar-refractivity contribution in [3.8, 4) is 0 Å². The second-order valence-electron chi connectivity index (χ2n) is 3.76. The first-order valence-electron chi connectivity index (χ1n) is 5.36. The lowest BCUT2D eigenvalue weighted by molar-refractivity contribution is -0.133. The number of nitrogens with zero attached hydrogens (tertiary/aromatic N) is 2. The highest BCUT2D eigenvalue weighted by atomic mass is 35.5. The average Bonchev–Trinajstić information content (AvgIpc) is 2.81. The smallest absolute Gasteiger partial charge is 0.313 e. The highest BCUT2D eigenvalue weighted by Gasteiger charge is 2.10. The molecule has 20 heavy (non-hydrogen) atoms. The number of carbonyl (C=O) groups is 1. The van der Waals surface area contributed by atoms with E-state index in [0.29, 0.717) is 25.2 Å². The van der Waals surface area contributed by atoms with Gasteiger partial charge in [-0.05, 0) is 24.6 Å². The molecule has 0 unspecified atom stereocenters. The van der Waals surface area contributed by atoms with Crippen LogP contribution in [0.1, 0.15) is 5.56 Å². The molecule has 1 aromatic heterocycles. The Balaban J connectivity index is 2.10. The molecule has 1 heterocycles. The molecular formula is C11H9Cl2N3O2S2. The SMILES string of the molecule is Cc1cc(Cl)c(Nc2nnc(SCC(=O)O)s2)cc1Cl. The lowest BCUT2D eigenvalue weighted by atomic mass is 10.2. The number of benzene rings is 1. The highest BCUT2D eigenvalue weighted by molar-refractivity contribution is 8.01. The van der Waals surface area contributed by atoms with Gasteiger partial charge in [-0.25, -0.2) is 0 Å². The van der Waals surface area contributed by atoms with Crippen LogP contribution in [0.4, 0.5) is 10.8 Å². The number of aryl methyl sites for hydroxylation is 1. The maximum Gasteiger partial charge on any atom is 0.313 e. The Hall–Kier alpha value is -1.02. The Bertz CT molecular complexity index is 649. The van der Waals surface area contributed by atoms with Crippen molar-refractivity contribution in [1.82, 2.24) is 10.2 Å². The van der Waals surface area contributed by atoms with Gasteiger partial charge in [0.25, 0.3) is 0 Å². The van der Waals surface area contributed by atoms with E-state index >= 15 is 0 Å². The first-order chi connectivity index (χ1) is 9.45. The molecular weight excluding hydrogens is 341 g/mol. The van der Waals surface area contributed by atoms with Gasteiger partial charge in [0.1, 0.15) is 0 Å². The largest absolute Gasteiger partial charge is 0.481 e. The minimum Gasteiger partial charge on any atom is -0.481 e. The predicted molar refractivity (Wildman–Crippen MR) is 82.8 cm³/mol. The van der Waals surface area contributed by atoms with Crippen LogP contribution in [0.2, 0.25) is 10.0 Å². The first-order valence-corrected chi connectivity index (χ1v) is 7.92. The lowest BCUT2D eigenvalue weighted by Crippen LogP contribution is -1.96. The van der Waals surface area contributed by atoms with Crippen molar-refractivity contribution in [2.45, 2.75) is 11.3 Å². The molecule has 1 aromatic carbocycles. The lowest BCUT2D eigenvalue weighted by Gasteiger charge is -2.07. The number of halogens is 2. The summed E-state index contributed by atoms with van der Waals surface area (Å²) >= 11 is 14.5. The molecule has 5 nitrogen and oxygen atoms in total. The fraction of sp³-hybridized carbons (Fsp3) is 0.182. The molecule has 0 fully saturated rings. The van der Waals surface area contributed by atoms with Gasteiger partial charge in [0.15, 0.2) is 4.34 Å². The molecule has 0 aliphatic carbocycles. The molecule has 2 aromatic rings. The number of hydrogen-bond acceptors (Lipinski definition) is 6. The summed E-state index contributed by atoms with van der Waals surface area (Å²) in [6.45, 7) is 1.86. The van der Waals surface area contributed by atoms with E-state index in [4.69, 9.17) is 28.3 Å². The van der Waals surface area contributed by atoms with Crippen LogP contribution in [0, 0.1) is 6.92 Å². The van der Waals surface area contributed by atoms with Gasteiger partial charge >= 0.3 is 5.97 Å². The number of carboxylic acids is 1. The van der Waals surface area contributed by atoms with Crippen molar-refractivity contribution in [3.05, 3.63) is 27.7 Å². The number of aliphatic carboxylic acids is 1. The standard InChI is InChI=1S/C11H9Cl2N3O2S2/c1-5-2-7(13)8(3-6(5)12)14-10-15-16-11(20-10)19-4-9(17)18/h2-3H,4H2,1H3,(H,14,15)(H,17,18). The van der Waals surface area contributed by atoms with Crippen LogP contribution < -0.4 is 5.32 Å². The summed E-state index contributed by atoms with van der Waals surface area (Å²) in [4.78, 5) is 10.5. The molecule has 0 saturated carbocycles. The van der Waals surface area contributed by atoms with Gasteiger partial charge in [-0.2, -0.15) is 0 Å². The predicted octanol–water partition coefficient (Wildman–Crippen LogP) is 4.07. The molecule has 0 radical (unpaired) electrons.